The van der Waals surface area contributed by atoms with E-state index in [0.717, 1.165) is 18.7 Å². The molecule has 1 saturated heterocycles. The first-order chi connectivity index (χ1) is 14.4. The molecule has 1 fully saturated rings. The molecule has 1 aliphatic rings. The molecule has 1 heterocycles. The number of carbonyl (C=O) groups is 1. The average Bonchev–Trinajstić information content (AvgIpc) is 2.75. The summed E-state index contributed by atoms with van der Waals surface area (Å²) in [6.45, 7) is 4.81. The van der Waals surface area contributed by atoms with E-state index in [0.29, 0.717) is 18.2 Å². The van der Waals surface area contributed by atoms with Gasteiger partial charge in [-0.3, -0.25) is 14.5 Å². The van der Waals surface area contributed by atoms with Crippen LogP contribution in [-0.2, 0) is 28.0 Å². The summed E-state index contributed by atoms with van der Waals surface area (Å²) in [7, 11) is -2.51. The van der Waals surface area contributed by atoms with Gasteiger partial charge in [-0.2, -0.15) is 0 Å². The molecule has 0 radical (unpaired) electrons. The Morgan fingerprint density at radius 1 is 1.07 bits per heavy atom. The highest BCUT2D eigenvalue weighted by Crippen LogP contribution is 2.19. The monoisotopic (exact) mass is 431 g/mol. The molecule has 0 saturated carbocycles. The van der Waals surface area contributed by atoms with Crippen LogP contribution in [0.3, 0.4) is 0 Å². The van der Waals surface area contributed by atoms with Crippen LogP contribution >= 0.6 is 0 Å². The second-order valence-electron chi connectivity index (χ2n) is 7.63. The fraction of sp³-hybridized carbons (Fsp3) is 0.409. The molecule has 1 aliphatic heterocycles. The van der Waals surface area contributed by atoms with Gasteiger partial charge < -0.3 is 5.32 Å². The molecule has 7 nitrogen and oxygen atoms in total. The molecule has 0 spiro atoms. The number of hydrogen-bond acceptors (Lipinski definition) is 5. The Morgan fingerprint density at radius 3 is 2.37 bits per heavy atom. The number of piperidine rings is 1. The van der Waals surface area contributed by atoms with E-state index >= 15 is 0 Å². The van der Waals surface area contributed by atoms with Crippen molar-refractivity contribution in [1.82, 2.24) is 15.1 Å². The van der Waals surface area contributed by atoms with Gasteiger partial charge in [0.25, 0.3) is 15.9 Å². The summed E-state index contributed by atoms with van der Waals surface area (Å²) in [6.07, 6.45) is 3.85. The molecule has 1 unspecified atom stereocenters. The Hall–Kier alpha value is -2.26. The van der Waals surface area contributed by atoms with Crippen molar-refractivity contribution >= 4 is 15.9 Å². The second kappa shape index (κ2) is 10.2. The number of carbonyl (C=O) groups excluding carboxylic acids is 1. The molecule has 1 atom stereocenters. The van der Waals surface area contributed by atoms with Crippen LogP contribution in [-0.4, -0.2) is 38.9 Å². The van der Waals surface area contributed by atoms with Gasteiger partial charge in [0.15, 0.2) is 0 Å². The number of sulfonamides is 1. The van der Waals surface area contributed by atoms with Crippen LogP contribution < -0.4 is 10.2 Å². The summed E-state index contributed by atoms with van der Waals surface area (Å²) >= 11 is 0. The number of rotatable bonds is 8. The van der Waals surface area contributed by atoms with Crippen molar-refractivity contribution in [1.29, 1.82) is 0 Å². The van der Waals surface area contributed by atoms with E-state index in [9.17, 15) is 13.2 Å². The largest absolute Gasteiger partial charge is 0.348 e. The molecule has 2 aromatic rings. The first-order valence-electron chi connectivity index (χ1n) is 10.1. The lowest BCUT2D eigenvalue weighted by Crippen LogP contribution is -2.36. The minimum atomic E-state index is -3.73. The van der Waals surface area contributed by atoms with Gasteiger partial charge >= 0.3 is 0 Å². The van der Waals surface area contributed by atoms with Crippen LogP contribution in [0.5, 0.6) is 0 Å². The first kappa shape index (κ1) is 22.4. The fourth-order valence-corrected chi connectivity index (χ4v) is 4.43. The van der Waals surface area contributed by atoms with E-state index in [-0.39, 0.29) is 10.8 Å². The van der Waals surface area contributed by atoms with Crippen molar-refractivity contribution in [2.45, 2.75) is 50.2 Å². The molecule has 3 rings (SSSR count). The summed E-state index contributed by atoms with van der Waals surface area (Å²) in [5.41, 5.74) is 2.68. The van der Waals surface area contributed by atoms with E-state index in [1.165, 1.54) is 56.2 Å². The van der Waals surface area contributed by atoms with Gasteiger partial charge in [-0.05, 0) is 61.7 Å². The Bertz CT molecular complexity index is 943. The van der Waals surface area contributed by atoms with E-state index in [4.69, 9.17) is 0 Å². The van der Waals surface area contributed by atoms with Gasteiger partial charge in [-0.15, -0.1) is 0 Å². The molecule has 0 aliphatic carbocycles. The molecule has 30 heavy (non-hydrogen) atoms. The Balaban J connectivity index is 1.53. The molecule has 162 valence electrons. The maximum absolute atomic E-state index is 12.4. The standard InChI is InChI=1S/C22H29N3O4S/c1-17-5-3-4-14-25(17)16-19-8-6-18(7-9-19)15-23-22(26)20-10-12-21(13-11-20)30(27,28)24-29-2/h6-13,17,24H,3-5,14-16H2,1-2H3,(H,23,26). The van der Waals surface area contributed by atoms with Gasteiger partial charge in [0.05, 0.1) is 12.0 Å². The second-order valence-corrected chi connectivity index (χ2v) is 9.27. The average molecular weight is 432 g/mol. The molecule has 2 N–H and O–H groups in total. The minimum Gasteiger partial charge on any atom is -0.348 e. The maximum Gasteiger partial charge on any atom is 0.262 e. The molecule has 2 aromatic carbocycles. The quantitative estimate of drug-likeness (QED) is 0.628. The van der Waals surface area contributed by atoms with Crippen LogP contribution in [0.1, 0.15) is 47.7 Å². The van der Waals surface area contributed by atoms with E-state index < -0.39 is 10.0 Å². The third kappa shape index (κ3) is 5.89. The lowest BCUT2D eigenvalue weighted by molar-refractivity contribution is 0.0951. The first-order valence-corrected chi connectivity index (χ1v) is 11.6. The van der Waals surface area contributed by atoms with Crippen LogP contribution in [0.4, 0.5) is 0 Å². The summed E-state index contributed by atoms with van der Waals surface area (Å²) in [4.78, 5) is 21.3. The summed E-state index contributed by atoms with van der Waals surface area (Å²) in [5, 5.41) is 2.87. The zero-order valence-corrected chi connectivity index (χ0v) is 18.2. The number of nitrogens with one attached hydrogen (secondary N) is 2. The molecule has 0 bridgehead atoms. The highest BCUT2D eigenvalue weighted by molar-refractivity contribution is 7.89. The SMILES string of the molecule is CONS(=O)(=O)c1ccc(C(=O)NCc2ccc(CN3CCCCC3C)cc2)cc1. The number of likely N-dealkylation sites (tertiary alicyclic amines) is 1. The molecular weight excluding hydrogens is 402 g/mol. The van der Waals surface area contributed by atoms with Crippen molar-refractivity contribution in [2.75, 3.05) is 13.7 Å². The van der Waals surface area contributed by atoms with Gasteiger partial charge in [-0.25, -0.2) is 8.42 Å². The van der Waals surface area contributed by atoms with Crippen LogP contribution in [0.25, 0.3) is 0 Å². The van der Waals surface area contributed by atoms with Crippen LogP contribution in [0, 0.1) is 0 Å². The highest BCUT2D eigenvalue weighted by Gasteiger charge is 2.18. The zero-order chi connectivity index (χ0) is 21.6. The van der Waals surface area contributed by atoms with E-state index in [1.807, 2.05) is 17.0 Å². The third-order valence-corrected chi connectivity index (χ3v) is 6.70. The maximum atomic E-state index is 12.4. The van der Waals surface area contributed by atoms with Gasteiger partial charge in [0.2, 0.25) is 0 Å². The van der Waals surface area contributed by atoms with Crippen molar-refractivity contribution < 1.29 is 18.0 Å². The normalized spacial score (nSPS) is 17.6. The van der Waals surface area contributed by atoms with Crippen molar-refractivity contribution in [3.8, 4) is 0 Å². The predicted molar refractivity (Wildman–Crippen MR) is 115 cm³/mol. The smallest absolute Gasteiger partial charge is 0.262 e. The third-order valence-electron chi connectivity index (χ3n) is 5.42. The van der Waals surface area contributed by atoms with Gasteiger partial charge in [0, 0.05) is 24.7 Å². The molecular formula is C22H29N3O4S. The lowest BCUT2D eigenvalue weighted by atomic mass is 10.0. The highest BCUT2D eigenvalue weighted by atomic mass is 32.2. The van der Waals surface area contributed by atoms with Crippen LogP contribution in [0.2, 0.25) is 0 Å². The Labute approximate surface area is 178 Å². The summed E-state index contributed by atoms with van der Waals surface area (Å²) in [6, 6.07) is 14.6. The number of benzene rings is 2. The van der Waals surface area contributed by atoms with Crippen molar-refractivity contribution in [3.63, 3.8) is 0 Å². The molecule has 8 heteroatoms. The summed E-state index contributed by atoms with van der Waals surface area (Å²) < 4.78 is 23.7. The topological polar surface area (TPSA) is 87.7 Å². The van der Waals surface area contributed by atoms with Crippen LogP contribution in [0.15, 0.2) is 53.4 Å². The predicted octanol–water partition coefficient (Wildman–Crippen LogP) is 2.83. The van der Waals surface area contributed by atoms with E-state index in [1.54, 1.807) is 0 Å². The summed E-state index contributed by atoms with van der Waals surface area (Å²) in [5.74, 6) is -0.259. The van der Waals surface area contributed by atoms with Crippen molar-refractivity contribution in [2.24, 2.45) is 0 Å². The fourth-order valence-electron chi connectivity index (χ4n) is 3.62. The Kier molecular flexibility index (Phi) is 7.60. The molecule has 1 amide bonds. The van der Waals surface area contributed by atoms with Gasteiger partial charge in [-0.1, -0.05) is 35.6 Å². The zero-order valence-electron chi connectivity index (χ0n) is 17.4. The number of hydrogen-bond donors (Lipinski definition) is 2. The van der Waals surface area contributed by atoms with Crippen molar-refractivity contribution in [3.05, 3.63) is 65.2 Å². The molecule has 0 aromatic heterocycles. The lowest BCUT2D eigenvalue weighted by Gasteiger charge is -2.33. The minimum absolute atomic E-state index is 0.0273. The van der Waals surface area contributed by atoms with E-state index in [2.05, 4.69) is 34.1 Å². The van der Waals surface area contributed by atoms with Gasteiger partial charge in [0.1, 0.15) is 0 Å². The number of amides is 1. The number of nitrogens with zero attached hydrogens (tertiary/aromatic N) is 1. The Morgan fingerprint density at radius 2 is 1.73 bits per heavy atom.